The van der Waals surface area contributed by atoms with Crippen molar-refractivity contribution in [1.29, 1.82) is 0 Å². The Hall–Kier alpha value is -1.86. The molecule has 1 aromatic carbocycles. The van der Waals surface area contributed by atoms with Gasteiger partial charge in [-0.2, -0.15) is 4.98 Å². The quantitative estimate of drug-likeness (QED) is 0.642. The van der Waals surface area contributed by atoms with Crippen LogP contribution >= 0.6 is 11.6 Å². The van der Waals surface area contributed by atoms with Crippen molar-refractivity contribution in [2.24, 2.45) is 0 Å². The number of hydrogen-bond acceptors (Lipinski definition) is 3. The second-order valence-electron chi connectivity index (χ2n) is 4.27. The third-order valence-electron chi connectivity index (χ3n) is 2.71. The molecule has 21 heavy (non-hydrogen) atoms. The van der Waals surface area contributed by atoms with Crippen LogP contribution in [0, 0.1) is 17.5 Å². The molecule has 8 heteroatoms. The fourth-order valence-corrected chi connectivity index (χ4v) is 1.96. The summed E-state index contributed by atoms with van der Waals surface area (Å²) >= 11 is 5.81. The molecule has 0 radical (unpaired) electrons. The first-order valence-corrected chi connectivity index (χ1v) is 6.18. The summed E-state index contributed by atoms with van der Waals surface area (Å²) in [6.07, 6.45) is 1.38. The van der Waals surface area contributed by atoms with Crippen LogP contribution in [0.15, 0.2) is 23.1 Å². The molecule has 1 aromatic heterocycles. The maximum absolute atomic E-state index is 13.2. The van der Waals surface area contributed by atoms with E-state index in [1.807, 2.05) is 0 Å². The SMILES string of the molecule is COCc1cn(Cc2cc(F)c(F)c(F)c2)c(Cl)nc1=O. The van der Waals surface area contributed by atoms with E-state index in [1.165, 1.54) is 17.9 Å². The predicted molar refractivity (Wildman–Crippen MR) is 69.6 cm³/mol. The van der Waals surface area contributed by atoms with Crippen LogP contribution < -0.4 is 5.56 Å². The van der Waals surface area contributed by atoms with E-state index in [2.05, 4.69) is 4.98 Å². The molecule has 0 fully saturated rings. The summed E-state index contributed by atoms with van der Waals surface area (Å²) < 4.78 is 45.4. The molecule has 0 spiro atoms. The summed E-state index contributed by atoms with van der Waals surface area (Å²) in [5.41, 5.74) is -0.165. The maximum Gasteiger partial charge on any atom is 0.279 e. The minimum absolute atomic E-state index is 0.0230. The molecular formula is C13H10ClF3N2O2. The number of hydrogen-bond donors (Lipinski definition) is 0. The van der Waals surface area contributed by atoms with Gasteiger partial charge in [-0.3, -0.25) is 4.79 Å². The zero-order chi connectivity index (χ0) is 15.6. The van der Waals surface area contributed by atoms with Crippen molar-refractivity contribution in [2.45, 2.75) is 13.2 Å². The van der Waals surface area contributed by atoms with Gasteiger partial charge in [-0.25, -0.2) is 13.2 Å². The van der Waals surface area contributed by atoms with Crippen LogP contribution in [0.2, 0.25) is 5.28 Å². The maximum atomic E-state index is 13.2. The van der Waals surface area contributed by atoms with Gasteiger partial charge in [0.05, 0.1) is 18.7 Å². The number of benzene rings is 1. The molecule has 2 aromatic rings. The fraction of sp³-hybridized carbons (Fsp3) is 0.231. The first-order valence-electron chi connectivity index (χ1n) is 5.80. The molecular weight excluding hydrogens is 309 g/mol. The van der Waals surface area contributed by atoms with Crippen molar-refractivity contribution < 1.29 is 17.9 Å². The summed E-state index contributed by atoms with van der Waals surface area (Å²) in [4.78, 5) is 15.1. The Morgan fingerprint density at radius 2 is 1.90 bits per heavy atom. The smallest absolute Gasteiger partial charge is 0.279 e. The lowest BCUT2D eigenvalue weighted by Crippen LogP contribution is -2.19. The Labute approximate surface area is 122 Å². The molecule has 0 saturated heterocycles. The van der Waals surface area contributed by atoms with Crippen molar-refractivity contribution in [3.63, 3.8) is 0 Å². The van der Waals surface area contributed by atoms with Crippen LogP contribution in [0.25, 0.3) is 0 Å². The van der Waals surface area contributed by atoms with E-state index in [-0.39, 0.29) is 29.6 Å². The van der Waals surface area contributed by atoms with Crippen molar-refractivity contribution >= 4 is 11.6 Å². The number of halogens is 4. The van der Waals surface area contributed by atoms with Crippen molar-refractivity contribution in [3.05, 3.63) is 62.5 Å². The monoisotopic (exact) mass is 318 g/mol. The Kier molecular flexibility index (Phi) is 4.64. The minimum Gasteiger partial charge on any atom is -0.380 e. The third-order valence-corrected chi connectivity index (χ3v) is 3.02. The highest BCUT2D eigenvalue weighted by molar-refractivity contribution is 6.28. The second kappa shape index (κ2) is 6.28. The van der Waals surface area contributed by atoms with E-state index in [0.29, 0.717) is 0 Å². The van der Waals surface area contributed by atoms with E-state index < -0.39 is 23.0 Å². The van der Waals surface area contributed by atoms with Gasteiger partial charge in [-0.05, 0) is 29.3 Å². The summed E-state index contributed by atoms with van der Waals surface area (Å²) in [6.45, 7) is -0.0495. The van der Waals surface area contributed by atoms with Crippen molar-refractivity contribution in [1.82, 2.24) is 9.55 Å². The molecule has 0 aliphatic heterocycles. The lowest BCUT2D eigenvalue weighted by Gasteiger charge is -2.11. The fourth-order valence-electron chi connectivity index (χ4n) is 1.78. The van der Waals surface area contributed by atoms with Gasteiger partial charge in [0.15, 0.2) is 17.5 Å². The van der Waals surface area contributed by atoms with Crippen LogP contribution in [-0.4, -0.2) is 16.7 Å². The highest BCUT2D eigenvalue weighted by Crippen LogP contribution is 2.16. The van der Waals surface area contributed by atoms with E-state index in [0.717, 1.165) is 12.1 Å². The largest absolute Gasteiger partial charge is 0.380 e. The van der Waals surface area contributed by atoms with Crippen LogP contribution in [0.1, 0.15) is 11.1 Å². The number of rotatable bonds is 4. The van der Waals surface area contributed by atoms with E-state index in [1.54, 1.807) is 0 Å². The number of aromatic nitrogens is 2. The molecule has 0 atom stereocenters. The van der Waals surface area contributed by atoms with Gasteiger partial charge in [0.2, 0.25) is 5.28 Å². The molecule has 2 rings (SSSR count). The van der Waals surface area contributed by atoms with Gasteiger partial charge in [0, 0.05) is 13.3 Å². The van der Waals surface area contributed by atoms with Gasteiger partial charge in [-0.15, -0.1) is 0 Å². The van der Waals surface area contributed by atoms with Gasteiger partial charge in [0.1, 0.15) is 0 Å². The number of methoxy groups -OCH3 is 1. The summed E-state index contributed by atoms with van der Waals surface area (Å²) in [5.74, 6) is -4.14. The molecule has 0 saturated carbocycles. The standard InChI is InChI=1S/C13H10ClF3N2O2/c1-21-6-8-5-19(13(14)18-12(8)20)4-7-2-9(15)11(17)10(16)3-7/h2-3,5H,4,6H2,1H3. The Balaban J connectivity index is 2.39. The zero-order valence-corrected chi connectivity index (χ0v) is 11.6. The number of ether oxygens (including phenoxy) is 1. The molecule has 112 valence electrons. The Bertz CT molecular complexity index is 711. The van der Waals surface area contributed by atoms with Crippen LogP contribution in [-0.2, 0) is 17.9 Å². The molecule has 4 nitrogen and oxygen atoms in total. The summed E-state index contributed by atoms with van der Waals surface area (Å²) in [6, 6.07) is 1.70. The molecule has 0 aliphatic rings. The first kappa shape index (κ1) is 15.5. The van der Waals surface area contributed by atoms with Gasteiger partial charge in [0.25, 0.3) is 5.56 Å². The molecule has 0 N–H and O–H groups in total. The van der Waals surface area contributed by atoms with Gasteiger partial charge >= 0.3 is 0 Å². The average molecular weight is 319 g/mol. The lowest BCUT2D eigenvalue weighted by molar-refractivity contribution is 0.183. The second-order valence-corrected chi connectivity index (χ2v) is 4.61. The minimum atomic E-state index is -1.54. The van der Waals surface area contributed by atoms with Crippen molar-refractivity contribution in [3.8, 4) is 0 Å². The molecule has 0 amide bonds. The molecule has 0 unspecified atom stereocenters. The van der Waals surface area contributed by atoms with Crippen LogP contribution in [0.4, 0.5) is 13.2 Å². The Morgan fingerprint density at radius 3 is 2.48 bits per heavy atom. The normalized spacial score (nSPS) is 10.9. The summed E-state index contributed by atoms with van der Waals surface area (Å²) in [5, 5.41) is -0.148. The Morgan fingerprint density at radius 1 is 1.29 bits per heavy atom. The van der Waals surface area contributed by atoms with E-state index in [9.17, 15) is 18.0 Å². The molecule has 0 bridgehead atoms. The molecule has 0 aliphatic carbocycles. The lowest BCUT2D eigenvalue weighted by atomic mass is 10.2. The van der Waals surface area contributed by atoms with Gasteiger partial charge < -0.3 is 9.30 Å². The topological polar surface area (TPSA) is 44.1 Å². The average Bonchev–Trinajstić information content (AvgIpc) is 2.41. The predicted octanol–water partition coefficient (Wildman–Crippen LogP) is 2.51. The summed E-state index contributed by atoms with van der Waals surface area (Å²) in [7, 11) is 1.41. The highest BCUT2D eigenvalue weighted by atomic mass is 35.5. The number of nitrogens with zero attached hydrogens (tertiary/aromatic N) is 2. The van der Waals surface area contributed by atoms with Crippen molar-refractivity contribution in [2.75, 3.05) is 7.11 Å². The molecule has 1 heterocycles. The first-order chi connectivity index (χ1) is 9.92. The zero-order valence-electron chi connectivity index (χ0n) is 10.9. The highest BCUT2D eigenvalue weighted by Gasteiger charge is 2.12. The van der Waals surface area contributed by atoms with Gasteiger partial charge in [-0.1, -0.05) is 0 Å². The third kappa shape index (κ3) is 3.43. The van der Waals surface area contributed by atoms with Crippen LogP contribution in [0.5, 0.6) is 0 Å². The van der Waals surface area contributed by atoms with Crippen LogP contribution in [0.3, 0.4) is 0 Å². The van der Waals surface area contributed by atoms with E-state index >= 15 is 0 Å². The van der Waals surface area contributed by atoms with E-state index in [4.69, 9.17) is 16.3 Å².